The maximum absolute atomic E-state index is 13.3. The highest BCUT2D eigenvalue weighted by atomic mass is 32.1. The number of thiocarbonyl (C=S) groups is 1. The monoisotopic (exact) mass is 285 g/mol. The zero-order valence-electron chi connectivity index (χ0n) is 11.3. The molecule has 5 heteroatoms. The summed E-state index contributed by atoms with van der Waals surface area (Å²) in [7, 11) is 0. The Kier molecular flexibility index (Phi) is 6.91. The highest BCUT2D eigenvalue weighted by molar-refractivity contribution is 7.80. The summed E-state index contributed by atoms with van der Waals surface area (Å²) in [4.78, 5) is 0.181. The molecule has 0 aliphatic carbocycles. The van der Waals surface area contributed by atoms with Crippen LogP contribution in [-0.2, 0) is 16.1 Å². The minimum Gasteiger partial charge on any atom is -0.389 e. The van der Waals surface area contributed by atoms with Crippen LogP contribution in [0.15, 0.2) is 18.2 Å². The van der Waals surface area contributed by atoms with Gasteiger partial charge in [-0.05, 0) is 29.7 Å². The van der Waals surface area contributed by atoms with Gasteiger partial charge in [-0.25, -0.2) is 4.39 Å². The minimum absolute atomic E-state index is 0.181. The van der Waals surface area contributed by atoms with Crippen LogP contribution in [0.25, 0.3) is 0 Å². The summed E-state index contributed by atoms with van der Waals surface area (Å²) in [6, 6.07) is 4.47. The van der Waals surface area contributed by atoms with Gasteiger partial charge < -0.3 is 15.2 Å². The van der Waals surface area contributed by atoms with E-state index in [0.29, 0.717) is 36.9 Å². The van der Waals surface area contributed by atoms with Gasteiger partial charge in [-0.3, -0.25) is 0 Å². The molecule has 1 aromatic rings. The van der Waals surface area contributed by atoms with Crippen molar-refractivity contribution in [1.82, 2.24) is 0 Å². The van der Waals surface area contributed by atoms with Crippen molar-refractivity contribution in [2.75, 3.05) is 19.8 Å². The summed E-state index contributed by atoms with van der Waals surface area (Å²) in [5.41, 5.74) is 6.71. The lowest BCUT2D eigenvalue weighted by Crippen LogP contribution is -2.11. The first-order chi connectivity index (χ1) is 8.99. The van der Waals surface area contributed by atoms with Gasteiger partial charge in [0.15, 0.2) is 0 Å². The van der Waals surface area contributed by atoms with Crippen molar-refractivity contribution in [3.05, 3.63) is 35.1 Å². The van der Waals surface area contributed by atoms with Crippen LogP contribution in [-0.4, -0.2) is 24.8 Å². The lowest BCUT2D eigenvalue weighted by molar-refractivity contribution is 0.0314. The lowest BCUT2D eigenvalue weighted by Gasteiger charge is -2.08. The summed E-state index contributed by atoms with van der Waals surface area (Å²) < 4.78 is 24.1. The van der Waals surface area contributed by atoms with E-state index >= 15 is 0 Å². The maximum Gasteiger partial charge on any atom is 0.124 e. The average molecular weight is 285 g/mol. The molecule has 0 saturated heterocycles. The zero-order chi connectivity index (χ0) is 14.3. The number of halogens is 1. The van der Waals surface area contributed by atoms with Gasteiger partial charge in [0.05, 0.1) is 19.8 Å². The van der Waals surface area contributed by atoms with Crippen LogP contribution < -0.4 is 5.73 Å². The largest absolute Gasteiger partial charge is 0.389 e. The fourth-order valence-electron chi connectivity index (χ4n) is 1.50. The summed E-state index contributed by atoms with van der Waals surface area (Å²) in [6.45, 7) is 6.23. The number of benzene rings is 1. The zero-order valence-corrected chi connectivity index (χ0v) is 12.1. The number of nitrogens with two attached hydrogens (primary N) is 1. The summed E-state index contributed by atoms with van der Waals surface area (Å²) in [5.74, 6) is 0.149. The molecule has 2 N–H and O–H groups in total. The SMILES string of the molecule is CC(C)COCCOCc1cc(F)cc(C(N)=S)c1. The second kappa shape index (κ2) is 8.19. The molecule has 0 heterocycles. The molecule has 106 valence electrons. The molecule has 0 bridgehead atoms. The van der Waals surface area contributed by atoms with Crippen LogP contribution in [0.4, 0.5) is 4.39 Å². The predicted octanol–water partition coefficient (Wildman–Crippen LogP) is 2.65. The van der Waals surface area contributed by atoms with Crippen molar-refractivity contribution in [1.29, 1.82) is 0 Å². The van der Waals surface area contributed by atoms with Crippen LogP contribution in [0.2, 0.25) is 0 Å². The molecule has 0 radical (unpaired) electrons. The van der Waals surface area contributed by atoms with Gasteiger partial charge in [-0.15, -0.1) is 0 Å². The van der Waals surface area contributed by atoms with Crippen LogP contribution in [0.3, 0.4) is 0 Å². The van der Waals surface area contributed by atoms with Crippen molar-refractivity contribution >= 4 is 17.2 Å². The molecule has 0 aromatic heterocycles. The molecule has 0 fully saturated rings. The molecule has 19 heavy (non-hydrogen) atoms. The van der Waals surface area contributed by atoms with Gasteiger partial charge in [0.1, 0.15) is 10.8 Å². The van der Waals surface area contributed by atoms with Crippen LogP contribution in [0.5, 0.6) is 0 Å². The van der Waals surface area contributed by atoms with Crippen LogP contribution in [0.1, 0.15) is 25.0 Å². The topological polar surface area (TPSA) is 44.5 Å². The van der Waals surface area contributed by atoms with Gasteiger partial charge in [-0.2, -0.15) is 0 Å². The molecule has 0 saturated carbocycles. The number of ether oxygens (including phenoxy) is 2. The fraction of sp³-hybridized carbons (Fsp3) is 0.500. The Bertz CT molecular complexity index is 424. The first-order valence-corrected chi connectivity index (χ1v) is 6.64. The van der Waals surface area contributed by atoms with Crippen molar-refractivity contribution in [2.24, 2.45) is 11.7 Å². The molecule has 0 unspecified atom stereocenters. The van der Waals surface area contributed by atoms with E-state index in [-0.39, 0.29) is 10.8 Å². The fourth-order valence-corrected chi connectivity index (χ4v) is 1.62. The quantitative estimate of drug-likeness (QED) is 0.589. The Labute approximate surface area is 118 Å². The highest BCUT2D eigenvalue weighted by Crippen LogP contribution is 2.10. The number of hydrogen-bond acceptors (Lipinski definition) is 3. The third-order valence-corrected chi connectivity index (χ3v) is 2.57. The van der Waals surface area contributed by atoms with Crippen molar-refractivity contribution in [3.63, 3.8) is 0 Å². The summed E-state index contributed by atoms with van der Waals surface area (Å²) >= 11 is 4.83. The standard InChI is InChI=1S/C14H20FNO2S/c1-10(2)8-17-3-4-18-9-11-5-12(14(16)19)7-13(15)6-11/h5-7,10H,3-4,8-9H2,1-2H3,(H2,16,19). The van der Waals surface area contributed by atoms with Gasteiger partial charge in [0.25, 0.3) is 0 Å². The van der Waals surface area contributed by atoms with Crippen molar-refractivity contribution in [3.8, 4) is 0 Å². The van der Waals surface area contributed by atoms with Crippen LogP contribution >= 0.6 is 12.2 Å². The highest BCUT2D eigenvalue weighted by Gasteiger charge is 2.03. The molecule has 0 amide bonds. The second-order valence-electron chi connectivity index (χ2n) is 4.73. The van der Waals surface area contributed by atoms with E-state index < -0.39 is 0 Å². The Morgan fingerprint density at radius 1 is 1.26 bits per heavy atom. The molecular formula is C14H20FNO2S. The van der Waals surface area contributed by atoms with E-state index in [9.17, 15) is 4.39 Å². The van der Waals surface area contributed by atoms with Crippen molar-refractivity contribution < 1.29 is 13.9 Å². The van der Waals surface area contributed by atoms with E-state index in [1.54, 1.807) is 6.07 Å². The van der Waals surface area contributed by atoms with E-state index in [4.69, 9.17) is 27.4 Å². The second-order valence-corrected chi connectivity index (χ2v) is 5.17. The first kappa shape index (κ1) is 16.0. The summed E-state index contributed by atoms with van der Waals surface area (Å²) in [5, 5.41) is 0. The van der Waals surface area contributed by atoms with Gasteiger partial charge in [0, 0.05) is 12.2 Å². The van der Waals surface area contributed by atoms with Crippen LogP contribution in [0, 0.1) is 11.7 Å². The van der Waals surface area contributed by atoms with Gasteiger partial charge in [-0.1, -0.05) is 26.1 Å². The number of rotatable bonds is 8. The van der Waals surface area contributed by atoms with E-state index in [2.05, 4.69) is 13.8 Å². The molecule has 1 rings (SSSR count). The van der Waals surface area contributed by atoms with Crippen molar-refractivity contribution in [2.45, 2.75) is 20.5 Å². The maximum atomic E-state index is 13.3. The first-order valence-electron chi connectivity index (χ1n) is 6.24. The van der Waals surface area contributed by atoms with E-state index in [1.807, 2.05) is 0 Å². The molecular weight excluding hydrogens is 265 g/mol. The Morgan fingerprint density at radius 3 is 2.58 bits per heavy atom. The Hall–Kier alpha value is -1.04. The number of hydrogen-bond donors (Lipinski definition) is 1. The van der Waals surface area contributed by atoms with E-state index in [1.165, 1.54) is 12.1 Å². The average Bonchev–Trinajstić information content (AvgIpc) is 2.32. The van der Waals surface area contributed by atoms with Gasteiger partial charge >= 0.3 is 0 Å². The van der Waals surface area contributed by atoms with E-state index in [0.717, 1.165) is 6.61 Å². The normalized spacial score (nSPS) is 10.9. The molecule has 1 aromatic carbocycles. The van der Waals surface area contributed by atoms with Gasteiger partial charge in [0.2, 0.25) is 0 Å². The smallest absolute Gasteiger partial charge is 0.124 e. The lowest BCUT2D eigenvalue weighted by atomic mass is 10.1. The molecule has 0 spiro atoms. The third kappa shape index (κ3) is 6.61. The molecule has 0 aliphatic rings. The molecule has 3 nitrogen and oxygen atoms in total. The Balaban J connectivity index is 2.35. The minimum atomic E-state index is -0.361. The molecule has 0 aliphatic heterocycles. The summed E-state index contributed by atoms with van der Waals surface area (Å²) in [6.07, 6.45) is 0. The third-order valence-electron chi connectivity index (χ3n) is 2.33. The predicted molar refractivity (Wildman–Crippen MR) is 77.6 cm³/mol. The molecule has 0 atom stereocenters. The Morgan fingerprint density at radius 2 is 1.95 bits per heavy atom.